The lowest BCUT2D eigenvalue weighted by Crippen LogP contribution is -2.17. The monoisotopic (exact) mass is 329 g/mol. The Labute approximate surface area is 134 Å². The fourth-order valence-electron chi connectivity index (χ4n) is 2.13. The lowest BCUT2D eigenvalue weighted by molar-refractivity contribution is -0.402. The van der Waals surface area contributed by atoms with Gasteiger partial charge in [-0.05, 0) is 24.6 Å². The number of hydrogen-bond acceptors (Lipinski definition) is 7. The van der Waals surface area contributed by atoms with E-state index in [1.165, 1.54) is 10.5 Å². The molecule has 0 aliphatic heterocycles. The summed E-state index contributed by atoms with van der Waals surface area (Å²) in [6.45, 7) is 1.55. The molecule has 9 heteroatoms. The van der Waals surface area contributed by atoms with E-state index in [1.807, 2.05) is 0 Å². The maximum absolute atomic E-state index is 12.0. The molecule has 0 atom stereocenters. The highest BCUT2D eigenvalue weighted by Crippen LogP contribution is 2.16. The first-order valence-corrected chi connectivity index (χ1v) is 6.85. The number of ether oxygens (including phenoxy) is 1. The van der Waals surface area contributed by atoms with E-state index in [-0.39, 0.29) is 23.6 Å². The predicted molar refractivity (Wildman–Crippen MR) is 80.7 cm³/mol. The van der Waals surface area contributed by atoms with Crippen molar-refractivity contribution in [3.05, 3.63) is 74.0 Å². The Morgan fingerprint density at radius 2 is 2.21 bits per heavy atom. The molecule has 0 saturated carbocycles. The topological polar surface area (TPSA) is 117 Å². The molecule has 0 aromatic carbocycles. The van der Waals surface area contributed by atoms with Crippen LogP contribution < -0.4 is 5.56 Å². The van der Waals surface area contributed by atoms with Crippen LogP contribution in [0.3, 0.4) is 0 Å². The number of furan rings is 1. The number of hydrogen-bond donors (Lipinski definition) is 0. The Balaban J connectivity index is 1.80. The summed E-state index contributed by atoms with van der Waals surface area (Å²) in [5.41, 5.74) is 1.22. The van der Waals surface area contributed by atoms with Gasteiger partial charge in [0.1, 0.15) is 17.2 Å². The van der Waals surface area contributed by atoms with E-state index < -0.39 is 16.8 Å². The number of nitro groups is 1. The second kappa shape index (κ2) is 5.95. The minimum Gasteiger partial charge on any atom is -0.453 e. The fourth-order valence-corrected chi connectivity index (χ4v) is 2.13. The minimum atomic E-state index is -0.880. The van der Waals surface area contributed by atoms with Crippen molar-refractivity contribution in [2.75, 3.05) is 0 Å². The van der Waals surface area contributed by atoms with Crippen LogP contribution in [0.15, 0.2) is 45.7 Å². The van der Waals surface area contributed by atoms with Crippen LogP contribution in [0.25, 0.3) is 5.65 Å². The van der Waals surface area contributed by atoms with Crippen molar-refractivity contribution < 1.29 is 18.9 Å². The largest absolute Gasteiger partial charge is 0.453 e. The maximum Gasteiger partial charge on any atom is 0.433 e. The summed E-state index contributed by atoms with van der Waals surface area (Å²) in [7, 11) is 0. The van der Waals surface area contributed by atoms with Gasteiger partial charge in [-0.25, -0.2) is 9.78 Å². The standard InChI is InChI=1S/C15H11N3O6/c1-9-3-2-6-17-12(19)7-10(16-14(9)17)8-23-15(20)11-4-5-13(24-11)18(21)22/h2-7H,8H2,1H3. The van der Waals surface area contributed by atoms with Crippen molar-refractivity contribution in [3.8, 4) is 0 Å². The van der Waals surface area contributed by atoms with E-state index in [2.05, 4.69) is 4.98 Å². The summed E-state index contributed by atoms with van der Waals surface area (Å²) in [5.74, 6) is -1.73. The molecule has 0 aliphatic rings. The maximum atomic E-state index is 12.0. The van der Waals surface area contributed by atoms with Gasteiger partial charge >= 0.3 is 11.9 Å². The Bertz CT molecular complexity index is 1000. The zero-order valence-electron chi connectivity index (χ0n) is 12.5. The van der Waals surface area contributed by atoms with Gasteiger partial charge in [-0.2, -0.15) is 0 Å². The van der Waals surface area contributed by atoms with Gasteiger partial charge in [0.15, 0.2) is 0 Å². The van der Waals surface area contributed by atoms with E-state index in [0.29, 0.717) is 5.65 Å². The quantitative estimate of drug-likeness (QED) is 0.407. The molecule has 0 unspecified atom stereocenters. The molecule has 0 N–H and O–H groups in total. The van der Waals surface area contributed by atoms with Gasteiger partial charge in [-0.1, -0.05) is 6.07 Å². The second-order valence-corrected chi connectivity index (χ2v) is 4.94. The summed E-state index contributed by atoms with van der Waals surface area (Å²) < 4.78 is 11.1. The molecule has 3 heterocycles. The fraction of sp³-hybridized carbons (Fsp3) is 0.133. The molecule has 3 aromatic rings. The Morgan fingerprint density at radius 3 is 2.92 bits per heavy atom. The van der Waals surface area contributed by atoms with Gasteiger partial charge in [0.2, 0.25) is 5.76 Å². The van der Waals surface area contributed by atoms with Gasteiger partial charge < -0.3 is 9.15 Å². The van der Waals surface area contributed by atoms with Crippen LogP contribution in [0.1, 0.15) is 21.8 Å². The van der Waals surface area contributed by atoms with Gasteiger partial charge in [0.05, 0.1) is 11.8 Å². The van der Waals surface area contributed by atoms with Crippen LogP contribution in [0.2, 0.25) is 0 Å². The van der Waals surface area contributed by atoms with Crippen molar-refractivity contribution >= 4 is 17.5 Å². The van der Waals surface area contributed by atoms with E-state index in [9.17, 15) is 19.7 Å². The number of nitrogens with zero attached hydrogens (tertiary/aromatic N) is 3. The van der Waals surface area contributed by atoms with Crippen molar-refractivity contribution in [3.63, 3.8) is 0 Å². The highest BCUT2D eigenvalue weighted by molar-refractivity contribution is 5.86. The molecular formula is C15H11N3O6. The van der Waals surface area contributed by atoms with Crippen molar-refractivity contribution in [1.82, 2.24) is 9.38 Å². The Morgan fingerprint density at radius 1 is 1.42 bits per heavy atom. The molecular weight excluding hydrogens is 318 g/mol. The Hall–Kier alpha value is -3.49. The van der Waals surface area contributed by atoms with E-state index in [4.69, 9.17) is 9.15 Å². The average molecular weight is 329 g/mol. The summed E-state index contributed by atoms with van der Waals surface area (Å²) >= 11 is 0. The van der Waals surface area contributed by atoms with E-state index in [1.54, 1.807) is 25.3 Å². The van der Waals surface area contributed by atoms with Crippen LogP contribution in [-0.4, -0.2) is 20.3 Å². The van der Waals surface area contributed by atoms with Crippen LogP contribution >= 0.6 is 0 Å². The number of aromatic nitrogens is 2. The minimum absolute atomic E-state index is 0.257. The molecule has 0 fully saturated rings. The van der Waals surface area contributed by atoms with Crippen molar-refractivity contribution in [2.45, 2.75) is 13.5 Å². The van der Waals surface area contributed by atoms with Crippen molar-refractivity contribution in [1.29, 1.82) is 0 Å². The number of carbonyl (C=O) groups excluding carboxylic acids is 1. The molecule has 0 bridgehead atoms. The highest BCUT2D eigenvalue weighted by Gasteiger charge is 2.18. The van der Waals surface area contributed by atoms with Gasteiger partial charge in [-0.3, -0.25) is 19.3 Å². The highest BCUT2D eigenvalue weighted by atomic mass is 16.7. The summed E-state index contributed by atoms with van der Waals surface area (Å²) in [4.78, 5) is 37.9. The number of esters is 1. The molecule has 122 valence electrons. The van der Waals surface area contributed by atoms with Crippen LogP contribution in [0.5, 0.6) is 0 Å². The second-order valence-electron chi connectivity index (χ2n) is 4.94. The van der Waals surface area contributed by atoms with Crippen LogP contribution in [0, 0.1) is 17.0 Å². The zero-order chi connectivity index (χ0) is 17.3. The molecule has 0 amide bonds. The number of aryl methyl sites for hydroxylation is 1. The smallest absolute Gasteiger partial charge is 0.433 e. The lowest BCUT2D eigenvalue weighted by atomic mass is 10.3. The third kappa shape index (κ3) is 2.86. The lowest BCUT2D eigenvalue weighted by Gasteiger charge is -2.06. The molecule has 0 aliphatic carbocycles. The third-order valence-electron chi connectivity index (χ3n) is 3.26. The normalized spacial score (nSPS) is 10.7. The molecule has 3 aromatic heterocycles. The molecule has 9 nitrogen and oxygen atoms in total. The summed E-state index contributed by atoms with van der Waals surface area (Å²) in [6, 6.07) is 6.99. The van der Waals surface area contributed by atoms with Crippen LogP contribution in [-0.2, 0) is 11.3 Å². The van der Waals surface area contributed by atoms with Gasteiger partial charge in [-0.15, -0.1) is 0 Å². The SMILES string of the molecule is Cc1cccn2c(=O)cc(COC(=O)c3ccc([N+](=O)[O-])o3)nc12. The number of pyridine rings is 1. The van der Waals surface area contributed by atoms with E-state index in [0.717, 1.165) is 17.7 Å². The van der Waals surface area contributed by atoms with Crippen molar-refractivity contribution in [2.24, 2.45) is 0 Å². The first-order chi connectivity index (χ1) is 11.5. The van der Waals surface area contributed by atoms with Gasteiger partial charge in [0, 0.05) is 12.3 Å². The Kier molecular flexibility index (Phi) is 3.82. The predicted octanol–water partition coefficient (Wildman–Crippen LogP) is 1.86. The van der Waals surface area contributed by atoms with E-state index >= 15 is 0 Å². The first-order valence-electron chi connectivity index (χ1n) is 6.85. The van der Waals surface area contributed by atoms with Gasteiger partial charge in [0.25, 0.3) is 5.56 Å². The third-order valence-corrected chi connectivity index (χ3v) is 3.26. The average Bonchev–Trinajstić information content (AvgIpc) is 3.04. The molecule has 0 saturated heterocycles. The number of fused-ring (bicyclic) bond motifs is 1. The molecule has 24 heavy (non-hydrogen) atoms. The zero-order valence-corrected chi connectivity index (χ0v) is 12.5. The molecule has 0 radical (unpaired) electrons. The summed E-state index contributed by atoms with van der Waals surface area (Å²) in [6.07, 6.45) is 1.59. The molecule has 3 rings (SSSR count). The number of carbonyl (C=O) groups is 1. The summed E-state index contributed by atoms with van der Waals surface area (Å²) in [5, 5.41) is 10.5. The first kappa shape index (κ1) is 15.4. The number of rotatable bonds is 4. The molecule has 0 spiro atoms. The van der Waals surface area contributed by atoms with Crippen LogP contribution in [0.4, 0.5) is 5.88 Å².